The third kappa shape index (κ3) is 4.88. The molecule has 0 aromatic carbocycles. The molecule has 8 heteroatoms. The van der Waals surface area contributed by atoms with Gasteiger partial charge in [0.25, 0.3) is 0 Å². The SMILES string of the molecule is CCS(=O)(=O)N1CCN(C(=O)COCC(C)=O)CC1. The molecule has 1 fully saturated rings. The Morgan fingerprint density at radius 1 is 1.11 bits per heavy atom. The van der Waals surface area contributed by atoms with E-state index in [9.17, 15) is 18.0 Å². The number of hydrogen-bond acceptors (Lipinski definition) is 5. The van der Waals surface area contributed by atoms with E-state index in [0.717, 1.165) is 0 Å². The summed E-state index contributed by atoms with van der Waals surface area (Å²) in [7, 11) is -3.18. The van der Waals surface area contributed by atoms with E-state index in [1.165, 1.54) is 11.2 Å². The minimum Gasteiger partial charge on any atom is -0.364 e. The number of carbonyl (C=O) groups excluding carboxylic acids is 2. The van der Waals surface area contributed by atoms with Crippen LogP contribution in [0.25, 0.3) is 0 Å². The number of nitrogens with zero attached hydrogens (tertiary/aromatic N) is 2. The van der Waals surface area contributed by atoms with Gasteiger partial charge in [0.15, 0.2) is 5.78 Å². The number of sulfonamides is 1. The van der Waals surface area contributed by atoms with E-state index in [0.29, 0.717) is 26.2 Å². The van der Waals surface area contributed by atoms with Gasteiger partial charge in [-0.1, -0.05) is 0 Å². The second-order valence-corrected chi connectivity index (χ2v) is 6.63. The molecule has 0 spiro atoms. The first-order valence-electron chi connectivity index (χ1n) is 6.19. The van der Waals surface area contributed by atoms with Gasteiger partial charge in [-0.2, -0.15) is 4.31 Å². The molecule has 0 aliphatic carbocycles. The van der Waals surface area contributed by atoms with Crippen molar-refractivity contribution in [1.29, 1.82) is 0 Å². The van der Waals surface area contributed by atoms with Crippen LogP contribution in [0.2, 0.25) is 0 Å². The van der Waals surface area contributed by atoms with Crippen molar-refractivity contribution >= 4 is 21.7 Å². The zero-order valence-corrected chi connectivity index (χ0v) is 12.1. The molecular weight excluding hydrogens is 272 g/mol. The van der Waals surface area contributed by atoms with E-state index in [-0.39, 0.29) is 30.7 Å². The van der Waals surface area contributed by atoms with E-state index < -0.39 is 10.0 Å². The Morgan fingerprint density at radius 3 is 2.16 bits per heavy atom. The van der Waals surface area contributed by atoms with Crippen LogP contribution in [-0.2, 0) is 24.3 Å². The van der Waals surface area contributed by atoms with Gasteiger partial charge in [-0.05, 0) is 13.8 Å². The van der Waals surface area contributed by atoms with Gasteiger partial charge in [0.2, 0.25) is 15.9 Å². The number of Topliss-reactive ketones (excluding diaryl/α,β-unsaturated/α-hetero) is 1. The van der Waals surface area contributed by atoms with Gasteiger partial charge in [-0.15, -0.1) is 0 Å². The van der Waals surface area contributed by atoms with Crippen LogP contribution in [0, 0.1) is 0 Å². The van der Waals surface area contributed by atoms with Crippen LogP contribution in [0.4, 0.5) is 0 Å². The van der Waals surface area contributed by atoms with Crippen molar-refractivity contribution in [2.45, 2.75) is 13.8 Å². The van der Waals surface area contributed by atoms with Crippen LogP contribution < -0.4 is 0 Å². The predicted molar refractivity (Wildman–Crippen MR) is 69.1 cm³/mol. The molecule has 1 amide bonds. The number of amides is 1. The topological polar surface area (TPSA) is 84.0 Å². The van der Waals surface area contributed by atoms with E-state index in [4.69, 9.17) is 4.74 Å². The largest absolute Gasteiger partial charge is 0.364 e. The summed E-state index contributed by atoms with van der Waals surface area (Å²) >= 11 is 0. The lowest BCUT2D eigenvalue weighted by Crippen LogP contribution is -2.51. The molecule has 0 unspecified atom stereocenters. The highest BCUT2D eigenvalue weighted by Crippen LogP contribution is 2.08. The molecule has 110 valence electrons. The zero-order valence-electron chi connectivity index (χ0n) is 11.3. The Morgan fingerprint density at radius 2 is 1.68 bits per heavy atom. The lowest BCUT2D eigenvalue weighted by molar-refractivity contribution is -0.138. The molecule has 1 aliphatic rings. The van der Waals surface area contributed by atoms with Gasteiger partial charge in [0.1, 0.15) is 13.2 Å². The van der Waals surface area contributed by atoms with Crippen molar-refractivity contribution in [3.63, 3.8) is 0 Å². The van der Waals surface area contributed by atoms with E-state index >= 15 is 0 Å². The highest BCUT2D eigenvalue weighted by atomic mass is 32.2. The molecular formula is C11H20N2O5S. The molecule has 0 bridgehead atoms. The Kier molecular flexibility index (Phi) is 5.89. The first-order valence-corrected chi connectivity index (χ1v) is 7.80. The third-order valence-corrected chi connectivity index (χ3v) is 4.76. The third-order valence-electron chi connectivity index (χ3n) is 2.88. The van der Waals surface area contributed by atoms with Crippen molar-refractivity contribution in [3.05, 3.63) is 0 Å². The van der Waals surface area contributed by atoms with Crippen LogP contribution in [0.5, 0.6) is 0 Å². The van der Waals surface area contributed by atoms with Gasteiger partial charge in [-0.25, -0.2) is 8.42 Å². The summed E-state index contributed by atoms with van der Waals surface area (Å²) in [6.07, 6.45) is 0. The molecule has 0 N–H and O–H groups in total. The molecule has 0 aromatic heterocycles. The average Bonchev–Trinajstić information content (AvgIpc) is 2.38. The van der Waals surface area contributed by atoms with Crippen LogP contribution in [0.3, 0.4) is 0 Å². The van der Waals surface area contributed by atoms with Gasteiger partial charge >= 0.3 is 0 Å². The van der Waals surface area contributed by atoms with E-state index in [1.54, 1.807) is 11.8 Å². The number of hydrogen-bond donors (Lipinski definition) is 0. The number of piperazine rings is 1. The van der Waals surface area contributed by atoms with E-state index in [2.05, 4.69) is 0 Å². The lowest BCUT2D eigenvalue weighted by atomic mass is 10.3. The van der Waals surface area contributed by atoms with Crippen LogP contribution in [0.15, 0.2) is 0 Å². The minimum atomic E-state index is -3.18. The lowest BCUT2D eigenvalue weighted by Gasteiger charge is -2.33. The van der Waals surface area contributed by atoms with Crippen LogP contribution in [-0.4, -0.2) is 74.5 Å². The molecule has 19 heavy (non-hydrogen) atoms. The molecule has 1 heterocycles. The summed E-state index contributed by atoms with van der Waals surface area (Å²) < 4.78 is 29.6. The molecule has 1 saturated heterocycles. The predicted octanol–water partition coefficient (Wildman–Crippen LogP) is -0.914. The molecule has 0 saturated carbocycles. The summed E-state index contributed by atoms with van der Waals surface area (Å²) in [6, 6.07) is 0. The fraction of sp³-hybridized carbons (Fsp3) is 0.818. The maximum absolute atomic E-state index is 11.7. The Bertz CT molecular complexity index is 426. The van der Waals surface area contributed by atoms with Crippen molar-refractivity contribution in [2.75, 3.05) is 45.1 Å². The number of ether oxygens (including phenoxy) is 1. The number of ketones is 1. The monoisotopic (exact) mass is 292 g/mol. The first kappa shape index (κ1) is 16.1. The Hall–Kier alpha value is -0.990. The summed E-state index contributed by atoms with van der Waals surface area (Å²) in [6.45, 7) is 4.13. The second-order valence-electron chi connectivity index (χ2n) is 4.38. The quantitative estimate of drug-likeness (QED) is 0.632. The highest BCUT2D eigenvalue weighted by molar-refractivity contribution is 7.89. The van der Waals surface area contributed by atoms with Gasteiger partial charge < -0.3 is 9.64 Å². The fourth-order valence-corrected chi connectivity index (χ4v) is 2.86. The van der Waals surface area contributed by atoms with Crippen molar-refractivity contribution in [2.24, 2.45) is 0 Å². The minimum absolute atomic E-state index is 0.0721. The normalized spacial score (nSPS) is 17.5. The van der Waals surface area contributed by atoms with Crippen molar-refractivity contribution < 1.29 is 22.7 Å². The molecule has 0 aromatic rings. The Labute approximate surface area is 113 Å². The van der Waals surface area contributed by atoms with E-state index in [1.807, 2.05) is 0 Å². The van der Waals surface area contributed by atoms with Crippen LogP contribution in [0.1, 0.15) is 13.8 Å². The van der Waals surface area contributed by atoms with Crippen LogP contribution >= 0.6 is 0 Å². The Balaban J connectivity index is 2.37. The fourth-order valence-electron chi connectivity index (χ4n) is 1.77. The summed E-state index contributed by atoms with van der Waals surface area (Å²) in [5.74, 6) is -0.274. The summed E-state index contributed by atoms with van der Waals surface area (Å²) in [4.78, 5) is 23.9. The number of rotatable bonds is 6. The summed E-state index contributed by atoms with van der Waals surface area (Å²) in [5.41, 5.74) is 0. The maximum atomic E-state index is 11.7. The zero-order chi connectivity index (χ0) is 14.5. The smallest absolute Gasteiger partial charge is 0.248 e. The molecule has 0 radical (unpaired) electrons. The highest BCUT2D eigenvalue weighted by Gasteiger charge is 2.27. The molecule has 1 rings (SSSR count). The standard InChI is InChI=1S/C11H20N2O5S/c1-3-19(16,17)13-6-4-12(5-7-13)11(15)9-18-8-10(2)14/h3-9H2,1-2H3. The molecule has 7 nitrogen and oxygen atoms in total. The summed E-state index contributed by atoms with van der Waals surface area (Å²) in [5, 5.41) is 0. The average molecular weight is 292 g/mol. The van der Waals surface area contributed by atoms with Gasteiger partial charge in [0.05, 0.1) is 5.75 Å². The molecule has 0 atom stereocenters. The second kappa shape index (κ2) is 6.97. The van der Waals surface area contributed by atoms with Gasteiger partial charge in [-0.3, -0.25) is 9.59 Å². The van der Waals surface area contributed by atoms with Gasteiger partial charge in [0, 0.05) is 26.2 Å². The molecule has 1 aliphatic heterocycles. The van der Waals surface area contributed by atoms with Crippen molar-refractivity contribution in [1.82, 2.24) is 9.21 Å². The number of carbonyl (C=O) groups is 2. The van der Waals surface area contributed by atoms with Crippen molar-refractivity contribution in [3.8, 4) is 0 Å². The maximum Gasteiger partial charge on any atom is 0.248 e. The first-order chi connectivity index (χ1) is 8.86.